The summed E-state index contributed by atoms with van der Waals surface area (Å²) in [7, 11) is 0. The molecule has 0 aliphatic carbocycles. The first kappa shape index (κ1) is 10.5. The van der Waals surface area contributed by atoms with E-state index in [1.54, 1.807) is 0 Å². The summed E-state index contributed by atoms with van der Waals surface area (Å²) in [6.07, 6.45) is 0. The minimum atomic E-state index is -0.261. The van der Waals surface area contributed by atoms with E-state index in [2.05, 4.69) is 20.8 Å². The number of nitrogens with zero attached hydrogens (tertiary/aromatic N) is 1. The molecule has 6 nitrogen and oxygen atoms in total. The van der Waals surface area contributed by atoms with Gasteiger partial charge in [0.15, 0.2) is 0 Å². The van der Waals surface area contributed by atoms with E-state index in [0.29, 0.717) is 13.1 Å². The predicted molar refractivity (Wildman–Crippen MR) is 54.1 cm³/mol. The molecule has 1 rings (SSSR count). The number of aryl methyl sites for hydroxylation is 2. The normalized spacial score (nSPS) is 9.93. The first-order valence-corrected chi connectivity index (χ1v) is 4.41. The molecule has 0 aromatic carbocycles. The molecular weight excluding hydrogens is 182 g/mol. The lowest BCUT2D eigenvalue weighted by atomic mass is 10.3. The number of H-pyrrole nitrogens is 1. The van der Waals surface area contributed by atoms with Crippen LogP contribution in [0.3, 0.4) is 0 Å². The SMILES string of the molecule is Cc1n[nH]c(C)c1NC(=O)NCCN. The number of urea groups is 1. The standard InChI is InChI=1S/C8H15N5O/c1-5-7(6(2)13-12-5)11-8(14)10-4-3-9/h3-4,9H2,1-2H3,(H,12,13)(H2,10,11,14). The van der Waals surface area contributed by atoms with Crippen molar-refractivity contribution in [1.82, 2.24) is 15.5 Å². The predicted octanol–water partition coefficient (Wildman–Crippen LogP) is 0.107. The van der Waals surface area contributed by atoms with Crippen LogP contribution in [0.2, 0.25) is 0 Å². The molecule has 0 saturated carbocycles. The first-order valence-electron chi connectivity index (χ1n) is 4.41. The molecule has 0 bridgehead atoms. The van der Waals surface area contributed by atoms with Crippen LogP contribution in [0.15, 0.2) is 0 Å². The highest BCUT2D eigenvalue weighted by Gasteiger charge is 2.08. The Hall–Kier alpha value is -1.56. The quantitative estimate of drug-likeness (QED) is 0.553. The van der Waals surface area contributed by atoms with E-state index < -0.39 is 0 Å². The van der Waals surface area contributed by atoms with Crippen LogP contribution in [0.4, 0.5) is 10.5 Å². The van der Waals surface area contributed by atoms with Gasteiger partial charge in [0, 0.05) is 13.1 Å². The summed E-state index contributed by atoms with van der Waals surface area (Å²) in [5.41, 5.74) is 7.58. The monoisotopic (exact) mass is 197 g/mol. The van der Waals surface area contributed by atoms with Gasteiger partial charge in [-0.05, 0) is 13.8 Å². The van der Waals surface area contributed by atoms with Crippen LogP contribution in [-0.2, 0) is 0 Å². The van der Waals surface area contributed by atoms with Gasteiger partial charge in [0.2, 0.25) is 0 Å². The van der Waals surface area contributed by atoms with Crippen LogP contribution < -0.4 is 16.4 Å². The molecule has 14 heavy (non-hydrogen) atoms. The van der Waals surface area contributed by atoms with Gasteiger partial charge in [0.05, 0.1) is 17.1 Å². The second-order valence-corrected chi connectivity index (χ2v) is 2.98. The Morgan fingerprint density at radius 2 is 2.29 bits per heavy atom. The maximum Gasteiger partial charge on any atom is 0.319 e. The second kappa shape index (κ2) is 4.61. The number of carbonyl (C=O) groups is 1. The summed E-state index contributed by atoms with van der Waals surface area (Å²) in [4.78, 5) is 11.3. The van der Waals surface area contributed by atoms with E-state index in [0.717, 1.165) is 17.1 Å². The van der Waals surface area contributed by atoms with Gasteiger partial charge < -0.3 is 16.4 Å². The molecule has 0 aliphatic rings. The first-order chi connectivity index (χ1) is 6.65. The minimum Gasteiger partial charge on any atom is -0.337 e. The fraction of sp³-hybridized carbons (Fsp3) is 0.500. The maximum atomic E-state index is 11.3. The van der Waals surface area contributed by atoms with Crippen molar-refractivity contribution in [2.24, 2.45) is 5.73 Å². The molecule has 0 fully saturated rings. The summed E-state index contributed by atoms with van der Waals surface area (Å²) in [5, 5.41) is 12.0. The number of carbonyl (C=O) groups excluding carboxylic acids is 1. The third-order valence-corrected chi connectivity index (χ3v) is 1.80. The molecule has 6 heteroatoms. The Morgan fingerprint density at radius 3 is 2.79 bits per heavy atom. The molecule has 1 heterocycles. The van der Waals surface area contributed by atoms with Gasteiger partial charge in [-0.2, -0.15) is 5.10 Å². The number of nitrogens with two attached hydrogens (primary N) is 1. The number of anilines is 1. The highest BCUT2D eigenvalue weighted by atomic mass is 16.2. The van der Waals surface area contributed by atoms with Gasteiger partial charge in [0.25, 0.3) is 0 Å². The molecule has 0 radical (unpaired) electrons. The van der Waals surface area contributed by atoms with E-state index in [4.69, 9.17) is 5.73 Å². The Kier molecular flexibility index (Phi) is 3.47. The molecule has 0 unspecified atom stereocenters. The number of amides is 2. The van der Waals surface area contributed by atoms with Gasteiger partial charge in [0.1, 0.15) is 0 Å². The fourth-order valence-corrected chi connectivity index (χ4v) is 1.08. The second-order valence-electron chi connectivity index (χ2n) is 2.98. The molecule has 0 atom stereocenters. The molecule has 2 amide bonds. The number of rotatable bonds is 3. The maximum absolute atomic E-state index is 11.3. The van der Waals surface area contributed by atoms with Crippen LogP contribution in [0, 0.1) is 13.8 Å². The van der Waals surface area contributed by atoms with E-state index in [-0.39, 0.29) is 6.03 Å². The van der Waals surface area contributed by atoms with E-state index in [1.807, 2.05) is 13.8 Å². The van der Waals surface area contributed by atoms with Crippen molar-refractivity contribution in [2.45, 2.75) is 13.8 Å². The van der Waals surface area contributed by atoms with Gasteiger partial charge in [-0.25, -0.2) is 4.79 Å². The Bertz CT molecular complexity index is 300. The van der Waals surface area contributed by atoms with Gasteiger partial charge in [-0.3, -0.25) is 5.10 Å². The van der Waals surface area contributed by atoms with Crippen molar-refractivity contribution < 1.29 is 4.79 Å². The van der Waals surface area contributed by atoms with Crippen LogP contribution in [0.1, 0.15) is 11.4 Å². The third-order valence-electron chi connectivity index (χ3n) is 1.80. The molecule has 5 N–H and O–H groups in total. The summed E-state index contributed by atoms with van der Waals surface area (Å²) in [6.45, 7) is 4.55. The van der Waals surface area contributed by atoms with Gasteiger partial charge in [-0.15, -0.1) is 0 Å². The lowest BCUT2D eigenvalue weighted by molar-refractivity contribution is 0.252. The van der Waals surface area contributed by atoms with Crippen LogP contribution in [-0.4, -0.2) is 29.3 Å². The smallest absolute Gasteiger partial charge is 0.319 e. The molecule has 78 valence electrons. The van der Waals surface area contributed by atoms with E-state index in [1.165, 1.54) is 0 Å². The molecular formula is C8H15N5O. The Balaban J connectivity index is 2.55. The average Bonchev–Trinajstić information content (AvgIpc) is 2.46. The fourth-order valence-electron chi connectivity index (χ4n) is 1.08. The van der Waals surface area contributed by atoms with E-state index in [9.17, 15) is 4.79 Å². The molecule has 0 spiro atoms. The number of hydrogen-bond acceptors (Lipinski definition) is 3. The summed E-state index contributed by atoms with van der Waals surface area (Å²) >= 11 is 0. The molecule has 1 aromatic rings. The van der Waals surface area contributed by atoms with Gasteiger partial charge >= 0.3 is 6.03 Å². The minimum absolute atomic E-state index is 0.261. The number of aromatic nitrogens is 2. The summed E-state index contributed by atoms with van der Waals surface area (Å²) < 4.78 is 0. The van der Waals surface area contributed by atoms with Crippen molar-refractivity contribution in [1.29, 1.82) is 0 Å². The zero-order chi connectivity index (χ0) is 10.6. The zero-order valence-electron chi connectivity index (χ0n) is 8.35. The van der Waals surface area contributed by atoms with E-state index >= 15 is 0 Å². The van der Waals surface area contributed by atoms with Crippen molar-refractivity contribution in [3.63, 3.8) is 0 Å². The average molecular weight is 197 g/mol. The largest absolute Gasteiger partial charge is 0.337 e. The number of nitrogens with one attached hydrogen (secondary N) is 3. The van der Waals surface area contributed by atoms with Gasteiger partial charge in [-0.1, -0.05) is 0 Å². The number of hydrogen-bond donors (Lipinski definition) is 4. The lowest BCUT2D eigenvalue weighted by Gasteiger charge is -2.05. The molecule has 0 saturated heterocycles. The van der Waals surface area contributed by atoms with Crippen LogP contribution in [0.5, 0.6) is 0 Å². The van der Waals surface area contributed by atoms with Crippen molar-refractivity contribution in [3.8, 4) is 0 Å². The van der Waals surface area contributed by atoms with Crippen LogP contribution in [0.25, 0.3) is 0 Å². The van der Waals surface area contributed by atoms with Crippen LogP contribution >= 0.6 is 0 Å². The Morgan fingerprint density at radius 1 is 1.57 bits per heavy atom. The Labute approximate surface area is 82.3 Å². The third kappa shape index (κ3) is 2.46. The van der Waals surface area contributed by atoms with Crippen molar-refractivity contribution in [3.05, 3.63) is 11.4 Å². The van der Waals surface area contributed by atoms with Crippen molar-refractivity contribution in [2.75, 3.05) is 18.4 Å². The lowest BCUT2D eigenvalue weighted by Crippen LogP contribution is -2.33. The highest BCUT2D eigenvalue weighted by Crippen LogP contribution is 2.15. The summed E-state index contributed by atoms with van der Waals surface area (Å²) in [5.74, 6) is 0. The molecule has 0 aliphatic heterocycles. The number of aromatic amines is 1. The summed E-state index contributed by atoms with van der Waals surface area (Å²) in [6, 6.07) is -0.261. The van der Waals surface area contributed by atoms with Crippen molar-refractivity contribution >= 4 is 11.7 Å². The zero-order valence-corrected chi connectivity index (χ0v) is 8.35. The topological polar surface area (TPSA) is 95.8 Å². The molecule has 1 aromatic heterocycles. The highest BCUT2D eigenvalue weighted by molar-refractivity contribution is 5.90.